The molecule has 0 bridgehead atoms. The first kappa shape index (κ1) is 14.5. The minimum atomic E-state index is 0.476. The molecule has 0 aliphatic heterocycles. The summed E-state index contributed by atoms with van der Waals surface area (Å²) in [6.07, 6.45) is 0. The molecule has 0 saturated carbocycles. The van der Waals surface area contributed by atoms with Crippen molar-refractivity contribution >= 4 is 11.6 Å². The van der Waals surface area contributed by atoms with Gasteiger partial charge in [-0.3, -0.25) is 4.99 Å². The molecule has 0 aromatic heterocycles. The van der Waals surface area contributed by atoms with E-state index in [0.717, 1.165) is 18.8 Å². The first-order chi connectivity index (χ1) is 8.51. The highest BCUT2D eigenvalue weighted by atomic mass is 15.1. The molecule has 4 heteroatoms. The van der Waals surface area contributed by atoms with Crippen LogP contribution < -0.4 is 11.1 Å². The van der Waals surface area contributed by atoms with Gasteiger partial charge in [-0.2, -0.15) is 0 Å². The van der Waals surface area contributed by atoms with Crippen molar-refractivity contribution in [3.8, 4) is 0 Å². The van der Waals surface area contributed by atoms with Crippen molar-refractivity contribution in [3.63, 3.8) is 0 Å². The highest BCUT2D eigenvalue weighted by molar-refractivity contribution is 5.92. The van der Waals surface area contributed by atoms with E-state index in [1.165, 1.54) is 11.1 Å². The van der Waals surface area contributed by atoms with E-state index in [2.05, 4.69) is 61.2 Å². The lowest BCUT2D eigenvalue weighted by Crippen LogP contribution is -2.26. The maximum atomic E-state index is 5.85. The van der Waals surface area contributed by atoms with Gasteiger partial charge in [-0.05, 0) is 50.7 Å². The van der Waals surface area contributed by atoms with E-state index in [-0.39, 0.29) is 0 Å². The van der Waals surface area contributed by atoms with Crippen molar-refractivity contribution in [1.29, 1.82) is 0 Å². The molecule has 0 aliphatic rings. The van der Waals surface area contributed by atoms with Gasteiger partial charge in [-0.1, -0.05) is 13.0 Å². The van der Waals surface area contributed by atoms with Gasteiger partial charge in [0, 0.05) is 12.2 Å². The quantitative estimate of drug-likeness (QED) is 0.619. The largest absolute Gasteiger partial charge is 0.370 e. The zero-order valence-electron chi connectivity index (χ0n) is 11.8. The third-order valence-corrected chi connectivity index (χ3v) is 2.80. The molecule has 0 amide bonds. The summed E-state index contributed by atoms with van der Waals surface area (Å²) in [5, 5.41) is 3.12. The van der Waals surface area contributed by atoms with Gasteiger partial charge in [-0.15, -0.1) is 0 Å². The van der Waals surface area contributed by atoms with Crippen LogP contribution in [0.15, 0.2) is 23.2 Å². The Hall–Kier alpha value is -1.55. The van der Waals surface area contributed by atoms with Gasteiger partial charge in [0.1, 0.15) is 0 Å². The highest BCUT2D eigenvalue weighted by Gasteiger charge is 1.98. The van der Waals surface area contributed by atoms with Crippen LogP contribution >= 0.6 is 0 Å². The Morgan fingerprint density at radius 1 is 1.28 bits per heavy atom. The number of nitrogens with one attached hydrogen (secondary N) is 1. The van der Waals surface area contributed by atoms with Gasteiger partial charge in [-0.25, -0.2) is 0 Å². The molecule has 0 unspecified atom stereocenters. The summed E-state index contributed by atoms with van der Waals surface area (Å²) in [6, 6.07) is 6.26. The minimum Gasteiger partial charge on any atom is -0.370 e. The number of nitrogens with two attached hydrogens (primary N) is 1. The zero-order valence-corrected chi connectivity index (χ0v) is 11.8. The number of aliphatic imine (C=N–C) groups is 1. The Kier molecular flexibility index (Phi) is 5.65. The van der Waals surface area contributed by atoms with Crippen molar-refractivity contribution in [2.24, 2.45) is 10.7 Å². The van der Waals surface area contributed by atoms with E-state index in [0.29, 0.717) is 12.5 Å². The van der Waals surface area contributed by atoms with Crippen molar-refractivity contribution in [1.82, 2.24) is 4.90 Å². The molecular weight excluding hydrogens is 224 g/mol. The lowest BCUT2D eigenvalue weighted by Gasteiger charge is -2.12. The molecule has 4 nitrogen and oxygen atoms in total. The summed E-state index contributed by atoms with van der Waals surface area (Å²) in [6.45, 7) is 8.93. The number of anilines is 1. The standard InChI is InChI=1S/C14H24N4/c1-5-18(4)7-6-16-14(15)17-13-9-11(2)8-12(3)10-13/h8-10H,5-7H2,1-4H3,(H3,15,16,17). The number of guanidine groups is 1. The molecular formula is C14H24N4. The van der Waals surface area contributed by atoms with E-state index in [1.807, 2.05) is 0 Å². The fraction of sp³-hybridized carbons (Fsp3) is 0.500. The van der Waals surface area contributed by atoms with Crippen LogP contribution in [-0.2, 0) is 0 Å². The summed E-state index contributed by atoms with van der Waals surface area (Å²) < 4.78 is 0. The molecule has 18 heavy (non-hydrogen) atoms. The smallest absolute Gasteiger partial charge is 0.193 e. The third kappa shape index (κ3) is 5.19. The van der Waals surface area contributed by atoms with E-state index in [9.17, 15) is 0 Å². The molecule has 1 aromatic rings. The number of rotatable bonds is 5. The highest BCUT2D eigenvalue weighted by Crippen LogP contribution is 2.13. The molecule has 0 fully saturated rings. The minimum absolute atomic E-state index is 0.476. The van der Waals surface area contributed by atoms with E-state index < -0.39 is 0 Å². The number of benzene rings is 1. The van der Waals surface area contributed by atoms with Crippen LogP contribution in [-0.4, -0.2) is 37.5 Å². The van der Waals surface area contributed by atoms with E-state index >= 15 is 0 Å². The number of likely N-dealkylation sites (N-methyl/N-ethyl adjacent to an activating group) is 1. The molecule has 0 heterocycles. The van der Waals surface area contributed by atoms with Gasteiger partial charge < -0.3 is 16.0 Å². The van der Waals surface area contributed by atoms with Crippen molar-refractivity contribution < 1.29 is 0 Å². The van der Waals surface area contributed by atoms with Gasteiger partial charge in [0.25, 0.3) is 0 Å². The van der Waals surface area contributed by atoms with Crippen LogP contribution in [0.2, 0.25) is 0 Å². The predicted molar refractivity (Wildman–Crippen MR) is 79.2 cm³/mol. The fourth-order valence-corrected chi connectivity index (χ4v) is 1.73. The van der Waals surface area contributed by atoms with Crippen LogP contribution in [0.5, 0.6) is 0 Å². The molecule has 0 radical (unpaired) electrons. The summed E-state index contributed by atoms with van der Waals surface area (Å²) in [5.41, 5.74) is 9.29. The zero-order chi connectivity index (χ0) is 13.5. The summed E-state index contributed by atoms with van der Waals surface area (Å²) in [7, 11) is 2.07. The lowest BCUT2D eigenvalue weighted by atomic mass is 10.1. The van der Waals surface area contributed by atoms with Gasteiger partial charge in [0.05, 0.1) is 6.54 Å². The number of aryl methyl sites for hydroxylation is 2. The molecule has 0 atom stereocenters. The maximum absolute atomic E-state index is 5.85. The molecule has 1 aromatic carbocycles. The van der Waals surface area contributed by atoms with Gasteiger partial charge in [0.15, 0.2) is 5.96 Å². The molecule has 1 rings (SSSR count). The normalized spacial score (nSPS) is 11.9. The van der Waals surface area contributed by atoms with Crippen molar-refractivity contribution in [2.45, 2.75) is 20.8 Å². The molecule has 0 saturated heterocycles. The second-order valence-electron chi connectivity index (χ2n) is 4.66. The van der Waals surface area contributed by atoms with E-state index in [1.54, 1.807) is 0 Å². The predicted octanol–water partition coefficient (Wildman–Crippen LogP) is 1.98. The third-order valence-electron chi connectivity index (χ3n) is 2.80. The SMILES string of the molecule is CCN(C)CCN=C(N)Nc1cc(C)cc(C)c1. The lowest BCUT2D eigenvalue weighted by molar-refractivity contribution is 0.363. The average molecular weight is 248 g/mol. The Morgan fingerprint density at radius 3 is 2.44 bits per heavy atom. The number of nitrogens with zero attached hydrogens (tertiary/aromatic N) is 2. The first-order valence-corrected chi connectivity index (χ1v) is 6.35. The second-order valence-corrected chi connectivity index (χ2v) is 4.66. The first-order valence-electron chi connectivity index (χ1n) is 6.35. The number of hydrogen-bond acceptors (Lipinski definition) is 2. The van der Waals surface area contributed by atoms with Crippen LogP contribution in [0.3, 0.4) is 0 Å². The fourth-order valence-electron chi connectivity index (χ4n) is 1.73. The van der Waals surface area contributed by atoms with Crippen LogP contribution in [0, 0.1) is 13.8 Å². The molecule has 3 N–H and O–H groups in total. The topological polar surface area (TPSA) is 53.6 Å². The molecule has 0 aliphatic carbocycles. The second kappa shape index (κ2) is 7.01. The van der Waals surface area contributed by atoms with Gasteiger partial charge in [0.2, 0.25) is 0 Å². The monoisotopic (exact) mass is 248 g/mol. The van der Waals surface area contributed by atoms with Crippen LogP contribution in [0.1, 0.15) is 18.1 Å². The maximum Gasteiger partial charge on any atom is 0.193 e. The summed E-state index contributed by atoms with van der Waals surface area (Å²) in [4.78, 5) is 6.51. The van der Waals surface area contributed by atoms with Gasteiger partial charge >= 0.3 is 0 Å². The van der Waals surface area contributed by atoms with E-state index in [4.69, 9.17) is 5.73 Å². The summed E-state index contributed by atoms with van der Waals surface area (Å²) >= 11 is 0. The Labute approximate surface area is 110 Å². The van der Waals surface area contributed by atoms with Crippen LogP contribution in [0.4, 0.5) is 5.69 Å². The Balaban J connectivity index is 2.53. The Morgan fingerprint density at radius 2 is 1.89 bits per heavy atom. The Bertz CT molecular complexity index is 392. The average Bonchev–Trinajstić information content (AvgIpc) is 2.27. The van der Waals surface area contributed by atoms with Crippen molar-refractivity contribution in [3.05, 3.63) is 29.3 Å². The van der Waals surface area contributed by atoms with Crippen LogP contribution in [0.25, 0.3) is 0 Å². The summed E-state index contributed by atoms with van der Waals surface area (Å²) in [5.74, 6) is 0.476. The number of hydrogen-bond donors (Lipinski definition) is 2. The van der Waals surface area contributed by atoms with Crippen molar-refractivity contribution in [2.75, 3.05) is 32.0 Å². The molecule has 0 spiro atoms. The molecule has 100 valence electrons.